The van der Waals surface area contributed by atoms with Crippen molar-refractivity contribution in [1.29, 1.82) is 0 Å². The number of aromatic nitrogens is 3. The van der Waals surface area contributed by atoms with Gasteiger partial charge in [0.05, 0.1) is 11.0 Å². The molecule has 0 amide bonds. The minimum Gasteiger partial charge on any atom is -0.338 e. The van der Waals surface area contributed by atoms with Crippen LogP contribution in [0.25, 0.3) is 33.1 Å². The summed E-state index contributed by atoms with van der Waals surface area (Å²) < 4.78 is 0. The predicted molar refractivity (Wildman–Crippen MR) is 73.6 cm³/mol. The van der Waals surface area contributed by atoms with Gasteiger partial charge in [0.15, 0.2) is 5.65 Å². The quantitative estimate of drug-likeness (QED) is 0.504. The van der Waals surface area contributed by atoms with Gasteiger partial charge in [0.2, 0.25) is 0 Å². The Labute approximate surface area is 103 Å². The summed E-state index contributed by atoms with van der Waals surface area (Å²) in [6.45, 7) is 2.09. The lowest BCUT2D eigenvalue weighted by Crippen LogP contribution is -1.84. The van der Waals surface area contributed by atoms with E-state index in [9.17, 15) is 0 Å². The Morgan fingerprint density at radius 2 is 1.72 bits per heavy atom. The predicted octanol–water partition coefficient (Wildman–Crippen LogP) is 3.57. The van der Waals surface area contributed by atoms with Crippen LogP contribution in [0.4, 0.5) is 0 Å². The van der Waals surface area contributed by atoms with E-state index in [0.29, 0.717) is 0 Å². The van der Waals surface area contributed by atoms with Gasteiger partial charge in [-0.05, 0) is 30.7 Å². The lowest BCUT2D eigenvalue weighted by atomic mass is 10.2. The van der Waals surface area contributed by atoms with Crippen LogP contribution in [0.15, 0.2) is 42.5 Å². The van der Waals surface area contributed by atoms with Gasteiger partial charge < -0.3 is 4.98 Å². The number of aryl methyl sites for hydroxylation is 1. The number of hydrogen-bond donors (Lipinski definition) is 1. The number of benzene rings is 2. The van der Waals surface area contributed by atoms with Crippen molar-refractivity contribution in [2.24, 2.45) is 0 Å². The molecule has 0 aliphatic carbocycles. The summed E-state index contributed by atoms with van der Waals surface area (Å²) in [5.41, 5.74) is 6.00. The average molecular weight is 233 g/mol. The Morgan fingerprint density at radius 1 is 0.944 bits per heavy atom. The minimum absolute atomic E-state index is 0.856. The summed E-state index contributed by atoms with van der Waals surface area (Å²) >= 11 is 0. The number of nitrogens with zero attached hydrogens (tertiary/aromatic N) is 2. The van der Waals surface area contributed by atoms with Crippen molar-refractivity contribution in [2.75, 3.05) is 0 Å². The second-order valence-electron chi connectivity index (χ2n) is 4.58. The molecule has 0 saturated heterocycles. The molecule has 2 aromatic carbocycles. The first-order chi connectivity index (χ1) is 8.81. The second kappa shape index (κ2) is 3.29. The molecule has 86 valence electrons. The van der Waals surface area contributed by atoms with Crippen LogP contribution in [0.5, 0.6) is 0 Å². The van der Waals surface area contributed by atoms with Gasteiger partial charge in [0.1, 0.15) is 5.52 Å². The first-order valence-electron chi connectivity index (χ1n) is 5.96. The first kappa shape index (κ1) is 9.59. The molecule has 4 aromatic rings. The van der Waals surface area contributed by atoms with E-state index in [4.69, 9.17) is 4.98 Å². The highest BCUT2D eigenvalue weighted by atomic mass is 14.9. The van der Waals surface area contributed by atoms with E-state index in [1.807, 2.05) is 24.3 Å². The number of para-hydroxylation sites is 2. The number of hydrogen-bond acceptors (Lipinski definition) is 2. The molecule has 3 nitrogen and oxygen atoms in total. The molecule has 3 heteroatoms. The lowest BCUT2D eigenvalue weighted by Gasteiger charge is -1.96. The van der Waals surface area contributed by atoms with Gasteiger partial charge in [0, 0.05) is 10.9 Å². The van der Waals surface area contributed by atoms with Crippen LogP contribution < -0.4 is 0 Å². The van der Waals surface area contributed by atoms with Gasteiger partial charge in [-0.1, -0.05) is 24.3 Å². The largest absolute Gasteiger partial charge is 0.338 e. The van der Waals surface area contributed by atoms with Gasteiger partial charge >= 0.3 is 0 Å². The summed E-state index contributed by atoms with van der Waals surface area (Å²) in [6.07, 6.45) is 0. The van der Waals surface area contributed by atoms with E-state index in [1.54, 1.807) is 0 Å². The first-order valence-corrected chi connectivity index (χ1v) is 5.96. The number of fused-ring (bicyclic) bond motifs is 4. The van der Waals surface area contributed by atoms with Crippen molar-refractivity contribution >= 4 is 33.1 Å². The molecule has 4 rings (SSSR count). The van der Waals surface area contributed by atoms with Gasteiger partial charge in [-0.25, -0.2) is 9.97 Å². The molecular weight excluding hydrogens is 222 g/mol. The lowest BCUT2D eigenvalue weighted by molar-refractivity contribution is 1.35. The molecule has 0 atom stereocenters. The van der Waals surface area contributed by atoms with Crippen LogP contribution in [-0.2, 0) is 0 Å². The highest BCUT2D eigenvalue weighted by molar-refractivity contribution is 6.05. The van der Waals surface area contributed by atoms with Gasteiger partial charge in [-0.15, -0.1) is 0 Å². The Hall–Kier alpha value is -2.42. The highest BCUT2D eigenvalue weighted by Gasteiger charge is 2.08. The zero-order valence-electron chi connectivity index (χ0n) is 9.94. The van der Waals surface area contributed by atoms with Crippen molar-refractivity contribution in [3.05, 3.63) is 48.0 Å². The molecule has 18 heavy (non-hydrogen) atoms. The monoisotopic (exact) mass is 233 g/mol. The number of rotatable bonds is 0. The fourth-order valence-electron chi connectivity index (χ4n) is 2.37. The normalized spacial score (nSPS) is 11.6. The van der Waals surface area contributed by atoms with E-state index in [0.717, 1.165) is 33.1 Å². The van der Waals surface area contributed by atoms with Gasteiger partial charge in [-0.3, -0.25) is 0 Å². The smallest absolute Gasteiger partial charge is 0.157 e. The number of nitrogens with one attached hydrogen (secondary N) is 1. The maximum Gasteiger partial charge on any atom is 0.157 e. The van der Waals surface area contributed by atoms with E-state index >= 15 is 0 Å². The van der Waals surface area contributed by atoms with Crippen molar-refractivity contribution in [1.82, 2.24) is 15.0 Å². The van der Waals surface area contributed by atoms with E-state index in [1.165, 1.54) is 5.56 Å². The molecule has 2 aromatic heterocycles. The van der Waals surface area contributed by atoms with E-state index in [-0.39, 0.29) is 0 Å². The Bertz CT molecular complexity index is 890. The van der Waals surface area contributed by atoms with Crippen LogP contribution in [0, 0.1) is 6.92 Å². The Morgan fingerprint density at radius 3 is 2.56 bits per heavy atom. The zero-order valence-corrected chi connectivity index (χ0v) is 9.94. The molecule has 0 aliphatic heterocycles. The fourth-order valence-corrected chi connectivity index (χ4v) is 2.37. The topological polar surface area (TPSA) is 41.6 Å². The molecule has 2 heterocycles. The van der Waals surface area contributed by atoms with E-state index < -0.39 is 0 Å². The third kappa shape index (κ3) is 1.24. The second-order valence-corrected chi connectivity index (χ2v) is 4.58. The third-order valence-corrected chi connectivity index (χ3v) is 3.25. The van der Waals surface area contributed by atoms with Gasteiger partial charge in [-0.2, -0.15) is 0 Å². The Kier molecular flexibility index (Phi) is 1.75. The van der Waals surface area contributed by atoms with Crippen molar-refractivity contribution in [3.8, 4) is 0 Å². The molecule has 0 saturated carbocycles. The average Bonchev–Trinajstić information content (AvgIpc) is 2.72. The van der Waals surface area contributed by atoms with E-state index in [2.05, 4.69) is 35.1 Å². The molecule has 0 bridgehead atoms. The zero-order chi connectivity index (χ0) is 12.1. The number of aromatic amines is 1. The summed E-state index contributed by atoms with van der Waals surface area (Å²) in [6, 6.07) is 14.3. The van der Waals surface area contributed by atoms with Crippen molar-refractivity contribution in [2.45, 2.75) is 6.92 Å². The SMILES string of the molecule is Cc1ccc2c(c1)[nH]c1nc3ccccc3nc12. The standard InChI is InChI=1S/C15H11N3/c1-9-6-7-10-13(8-9)18-15-14(10)16-11-4-2-3-5-12(11)17-15/h2-8H,1H3,(H,17,18). The summed E-state index contributed by atoms with van der Waals surface area (Å²) in [5, 5.41) is 1.13. The molecule has 0 aliphatic rings. The van der Waals surface area contributed by atoms with Crippen LogP contribution in [0.2, 0.25) is 0 Å². The van der Waals surface area contributed by atoms with Crippen LogP contribution in [0.1, 0.15) is 5.56 Å². The summed E-state index contributed by atoms with van der Waals surface area (Å²) in [7, 11) is 0. The summed E-state index contributed by atoms with van der Waals surface area (Å²) in [5.74, 6) is 0. The maximum absolute atomic E-state index is 4.70. The molecule has 0 radical (unpaired) electrons. The third-order valence-electron chi connectivity index (χ3n) is 3.25. The summed E-state index contributed by atoms with van der Waals surface area (Å²) in [4.78, 5) is 12.7. The fraction of sp³-hybridized carbons (Fsp3) is 0.0667. The van der Waals surface area contributed by atoms with Crippen LogP contribution in [0.3, 0.4) is 0 Å². The molecular formula is C15H11N3. The maximum atomic E-state index is 4.70. The molecule has 0 unspecified atom stereocenters. The van der Waals surface area contributed by atoms with Crippen LogP contribution in [-0.4, -0.2) is 15.0 Å². The minimum atomic E-state index is 0.856. The Balaban J connectivity index is 2.23. The van der Waals surface area contributed by atoms with Gasteiger partial charge in [0.25, 0.3) is 0 Å². The molecule has 0 fully saturated rings. The molecule has 1 N–H and O–H groups in total. The highest BCUT2D eigenvalue weighted by Crippen LogP contribution is 2.25. The van der Waals surface area contributed by atoms with Crippen molar-refractivity contribution in [3.63, 3.8) is 0 Å². The number of H-pyrrole nitrogens is 1. The van der Waals surface area contributed by atoms with Crippen LogP contribution >= 0.6 is 0 Å². The molecule has 0 spiro atoms. The van der Waals surface area contributed by atoms with Crippen molar-refractivity contribution < 1.29 is 0 Å².